The van der Waals surface area contributed by atoms with E-state index < -0.39 is 5.97 Å². The number of aryl methyl sites for hydroxylation is 1. The van der Waals surface area contributed by atoms with Gasteiger partial charge in [-0.15, -0.1) is 10.2 Å². The number of benzene rings is 1. The van der Waals surface area contributed by atoms with Crippen molar-refractivity contribution in [2.24, 2.45) is 0 Å². The van der Waals surface area contributed by atoms with E-state index in [0.717, 1.165) is 11.8 Å². The highest BCUT2D eigenvalue weighted by Gasteiger charge is 2.16. The summed E-state index contributed by atoms with van der Waals surface area (Å²) in [6.45, 7) is 1.94. The maximum atomic E-state index is 10.7. The first-order valence-corrected chi connectivity index (χ1v) is 7.51. The zero-order chi connectivity index (χ0) is 14.7. The third-order valence-electron chi connectivity index (χ3n) is 2.49. The minimum atomic E-state index is -0.917. The monoisotopic (exact) mass is 331 g/mol. The molecule has 5 nitrogen and oxygen atoms in total. The molecule has 106 valence electrons. The molecule has 0 unspecified atom stereocenters. The van der Waals surface area contributed by atoms with Crippen LogP contribution in [0.3, 0.4) is 0 Å². The van der Waals surface area contributed by atoms with Crippen molar-refractivity contribution in [2.75, 3.05) is 5.75 Å². The highest BCUT2D eigenvalue weighted by molar-refractivity contribution is 7.99. The Hall–Kier alpha value is -1.24. The Morgan fingerprint density at radius 2 is 2.15 bits per heavy atom. The molecule has 0 radical (unpaired) electrons. The summed E-state index contributed by atoms with van der Waals surface area (Å²) >= 11 is 13.3. The maximum absolute atomic E-state index is 10.7. The molecule has 8 heteroatoms. The van der Waals surface area contributed by atoms with Gasteiger partial charge in [0.2, 0.25) is 0 Å². The van der Waals surface area contributed by atoms with Crippen molar-refractivity contribution in [1.82, 2.24) is 14.8 Å². The lowest BCUT2D eigenvalue weighted by molar-refractivity contribution is -0.133. The number of carboxylic acid groups (broad SMARTS) is 1. The average molecular weight is 332 g/mol. The molecule has 1 aromatic carbocycles. The van der Waals surface area contributed by atoms with Gasteiger partial charge < -0.3 is 5.11 Å². The quantitative estimate of drug-likeness (QED) is 0.851. The number of hydrogen-bond acceptors (Lipinski definition) is 4. The molecule has 0 aliphatic rings. The largest absolute Gasteiger partial charge is 0.481 e. The molecular formula is C12H11Cl2N3O2S. The topological polar surface area (TPSA) is 68.0 Å². The van der Waals surface area contributed by atoms with E-state index >= 15 is 0 Å². The number of rotatable bonds is 5. The number of carboxylic acids is 1. The fourth-order valence-electron chi connectivity index (χ4n) is 1.65. The van der Waals surface area contributed by atoms with Gasteiger partial charge in [-0.25, -0.2) is 0 Å². The predicted octanol–water partition coefficient (Wildman–Crippen LogP) is 3.31. The fraction of sp³-hybridized carbons (Fsp3) is 0.250. The van der Waals surface area contributed by atoms with E-state index in [4.69, 9.17) is 28.3 Å². The summed E-state index contributed by atoms with van der Waals surface area (Å²) in [5, 5.41) is 18.4. The summed E-state index contributed by atoms with van der Waals surface area (Å²) in [6.07, 6.45) is 0.642. The second kappa shape index (κ2) is 6.47. The van der Waals surface area contributed by atoms with Gasteiger partial charge in [-0.1, -0.05) is 41.9 Å². The Kier molecular flexibility index (Phi) is 4.91. The zero-order valence-electron chi connectivity index (χ0n) is 10.5. The third-order valence-corrected chi connectivity index (χ3v) is 3.96. The summed E-state index contributed by atoms with van der Waals surface area (Å²) in [5.41, 5.74) is 0.647. The van der Waals surface area contributed by atoms with Crippen molar-refractivity contribution >= 4 is 40.9 Å². The fourth-order valence-corrected chi connectivity index (χ4v) is 2.70. The number of carbonyl (C=O) groups is 1. The van der Waals surface area contributed by atoms with Gasteiger partial charge >= 0.3 is 5.97 Å². The number of halogens is 2. The van der Waals surface area contributed by atoms with E-state index in [0.29, 0.717) is 33.1 Å². The zero-order valence-corrected chi connectivity index (χ0v) is 12.8. The first-order chi connectivity index (χ1) is 9.52. The number of thioether (sulfide) groups is 1. The van der Waals surface area contributed by atoms with Crippen molar-refractivity contribution < 1.29 is 9.90 Å². The van der Waals surface area contributed by atoms with Gasteiger partial charge in [0.15, 0.2) is 5.16 Å². The normalized spacial score (nSPS) is 10.8. The third kappa shape index (κ3) is 3.26. The SMILES string of the molecule is CCc1nnc(SCC(=O)O)n1-c1cc(Cl)ccc1Cl. The van der Waals surface area contributed by atoms with Gasteiger partial charge in [-0.2, -0.15) is 0 Å². The number of aromatic nitrogens is 3. The van der Waals surface area contributed by atoms with Crippen LogP contribution >= 0.6 is 35.0 Å². The Morgan fingerprint density at radius 1 is 1.40 bits per heavy atom. The Bertz CT molecular complexity index is 646. The molecule has 1 aromatic heterocycles. The van der Waals surface area contributed by atoms with Crippen LogP contribution in [0.4, 0.5) is 0 Å². The molecule has 1 heterocycles. The van der Waals surface area contributed by atoms with Gasteiger partial charge in [-0.05, 0) is 18.2 Å². The summed E-state index contributed by atoms with van der Waals surface area (Å²) in [5.74, 6) is -0.318. The van der Waals surface area contributed by atoms with Gasteiger partial charge in [0.05, 0.1) is 16.5 Å². The molecule has 0 fully saturated rings. The lowest BCUT2D eigenvalue weighted by atomic mass is 10.3. The van der Waals surface area contributed by atoms with Crippen LogP contribution in [0.15, 0.2) is 23.4 Å². The van der Waals surface area contributed by atoms with Crippen LogP contribution in [0.1, 0.15) is 12.7 Å². The summed E-state index contributed by atoms with van der Waals surface area (Å²) in [7, 11) is 0. The molecule has 1 N–H and O–H groups in total. The van der Waals surface area contributed by atoms with Crippen molar-refractivity contribution in [3.63, 3.8) is 0 Å². The average Bonchev–Trinajstić information content (AvgIpc) is 2.82. The van der Waals surface area contributed by atoms with Gasteiger partial charge in [0, 0.05) is 11.4 Å². The Morgan fingerprint density at radius 3 is 2.80 bits per heavy atom. The van der Waals surface area contributed by atoms with Crippen LogP contribution in [0.2, 0.25) is 10.0 Å². The lowest BCUT2D eigenvalue weighted by Gasteiger charge is -2.11. The van der Waals surface area contributed by atoms with Crippen LogP contribution in [0.25, 0.3) is 5.69 Å². The molecule has 0 atom stereocenters. The molecule has 0 bridgehead atoms. The van der Waals surface area contributed by atoms with E-state index in [1.165, 1.54) is 0 Å². The first kappa shape index (κ1) is 15.2. The minimum absolute atomic E-state index is 0.0972. The summed E-state index contributed by atoms with van der Waals surface area (Å²) < 4.78 is 1.74. The molecule has 0 spiro atoms. The molecule has 0 amide bonds. The Balaban J connectivity index is 2.50. The Labute approximate surface area is 129 Å². The van der Waals surface area contributed by atoms with E-state index in [9.17, 15) is 4.79 Å². The summed E-state index contributed by atoms with van der Waals surface area (Å²) in [6, 6.07) is 5.08. The molecule has 20 heavy (non-hydrogen) atoms. The molecule has 2 aromatic rings. The van der Waals surface area contributed by atoms with Gasteiger partial charge in [0.1, 0.15) is 5.82 Å². The van der Waals surface area contributed by atoms with Crippen LogP contribution in [0.5, 0.6) is 0 Å². The first-order valence-electron chi connectivity index (χ1n) is 5.77. The number of aliphatic carboxylic acids is 1. The summed E-state index contributed by atoms with van der Waals surface area (Å²) in [4.78, 5) is 10.7. The highest BCUT2D eigenvalue weighted by Crippen LogP contribution is 2.29. The molecule has 0 saturated heterocycles. The number of hydrogen-bond donors (Lipinski definition) is 1. The molecular weight excluding hydrogens is 321 g/mol. The van der Waals surface area contributed by atoms with Crippen molar-refractivity contribution in [2.45, 2.75) is 18.5 Å². The van der Waals surface area contributed by atoms with E-state index in [-0.39, 0.29) is 5.75 Å². The number of nitrogens with zero attached hydrogens (tertiary/aromatic N) is 3. The van der Waals surface area contributed by atoms with Crippen molar-refractivity contribution in [1.29, 1.82) is 0 Å². The second-order valence-corrected chi connectivity index (χ2v) is 5.65. The predicted molar refractivity (Wildman–Crippen MR) is 79.1 cm³/mol. The van der Waals surface area contributed by atoms with Crippen molar-refractivity contribution in [3.8, 4) is 5.69 Å². The van der Waals surface area contributed by atoms with Crippen LogP contribution in [0, 0.1) is 0 Å². The molecule has 2 rings (SSSR count). The minimum Gasteiger partial charge on any atom is -0.481 e. The van der Waals surface area contributed by atoms with Crippen LogP contribution in [-0.4, -0.2) is 31.6 Å². The van der Waals surface area contributed by atoms with Crippen LogP contribution in [-0.2, 0) is 11.2 Å². The maximum Gasteiger partial charge on any atom is 0.313 e. The van der Waals surface area contributed by atoms with Crippen molar-refractivity contribution in [3.05, 3.63) is 34.1 Å². The van der Waals surface area contributed by atoms with E-state index in [2.05, 4.69) is 10.2 Å². The molecule has 0 aliphatic carbocycles. The standard InChI is InChI=1S/C12H11Cl2N3O2S/c1-2-10-15-16-12(20-6-11(18)19)17(10)9-5-7(13)3-4-8(9)14/h3-5H,2,6H2,1H3,(H,18,19). The smallest absolute Gasteiger partial charge is 0.313 e. The van der Waals surface area contributed by atoms with Gasteiger partial charge in [0.25, 0.3) is 0 Å². The lowest BCUT2D eigenvalue weighted by Crippen LogP contribution is -2.05. The molecule has 0 aliphatic heterocycles. The van der Waals surface area contributed by atoms with E-state index in [1.807, 2.05) is 6.92 Å². The van der Waals surface area contributed by atoms with Gasteiger partial charge in [-0.3, -0.25) is 9.36 Å². The van der Waals surface area contributed by atoms with Crippen LogP contribution < -0.4 is 0 Å². The highest BCUT2D eigenvalue weighted by atomic mass is 35.5. The second-order valence-electron chi connectivity index (χ2n) is 3.87. The molecule has 0 saturated carbocycles. The van der Waals surface area contributed by atoms with E-state index in [1.54, 1.807) is 22.8 Å².